The Bertz CT molecular complexity index is 898. The summed E-state index contributed by atoms with van der Waals surface area (Å²) >= 11 is 0. The maximum absolute atomic E-state index is 13.0. The number of urea groups is 1. The van der Waals surface area contributed by atoms with Crippen LogP contribution in [0.1, 0.15) is 35.2 Å². The third-order valence-corrected chi connectivity index (χ3v) is 4.57. The molecule has 0 aromatic heterocycles. The number of hydrogen-bond acceptors (Lipinski definition) is 2. The number of hydrogen-bond donors (Lipinski definition) is 3. The van der Waals surface area contributed by atoms with Crippen molar-refractivity contribution in [2.24, 2.45) is 0 Å². The normalized spacial score (nSPS) is 16.8. The van der Waals surface area contributed by atoms with Crippen LogP contribution < -0.4 is 16.0 Å². The summed E-state index contributed by atoms with van der Waals surface area (Å²) in [7, 11) is 0. The van der Waals surface area contributed by atoms with E-state index in [1.54, 1.807) is 6.92 Å². The second-order valence-corrected chi connectivity index (χ2v) is 6.75. The van der Waals surface area contributed by atoms with E-state index in [9.17, 15) is 9.59 Å². The Labute approximate surface area is 153 Å². The number of benzene rings is 2. The van der Waals surface area contributed by atoms with Gasteiger partial charge in [0.15, 0.2) is 0 Å². The highest BCUT2D eigenvalue weighted by atomic mass is 16.2. The molecule has 0 spiro atoms. The van der Waals surface area contributed by atoms with Crippen LogP contribution in [-0.4, -0.2) is 11.9 Å². The zero-order chi connectivity index (χ0) is 18.8. The van der Waals surface area contributed by atoms with Crippen molar-refractivity contribution in [3.8, 4) is 0 Å². The van der Waals surface area contributed by atoms with E-state index in [4.69, 9.17) is 0 Å². The number of amides is 3. The van der Waals surface area contributed by atoms with Crippen LogP contribution in [0.4, 0.5) is 10.5 Å². The molecule has 1 aliphatic heterocycles. The van der Waals surface area contributed by atoms with Crippen molar-refractivity contribution in [2.45, 2.75) is 33.7 Å². The van der Waals surface area contributed by atoms with Gasteiger partial charge in [0.2, 0.25) is 0 Å². The van der Waals surface area contributed by atoms with Crippen LogP contribution in [0.2, 0.25) is 0 Å². The molecule has 0 unspecified atom stereocenters. The topological polar surface area (TPSA) is 70.2 Å². The van der Waals surface area contributed by atoms with Gasteiger partial charge in [-0.2, -0.15) is 0 Å². The van der Waals surface area contributed by atoms with Gasteiger partial charge in [-0.3, -0.25) is 4.79 Å². The first-order valence-electron chi connectivity index (χ1n) is 8.58. The summed E-state index contributed by atoms with van der Waals surface area (Å²) in [5, 5.41) is 8.55. The number of aryl methyl sites for hydroxylation is 3. The molecule has 3 amide bonds. The third-order valence-electron chi connectivity index (χ3n) is 4.57. The molecular formula is C21H23N3O2. The number of rotatable bonds is 3. The van der Waals surface area contributed by atoms with Gasteiger partial charge in [-0.25, -0.2) is 4.79 Å². The molecule has 1 aliphatic rings. The molecule has 5 nitrogen and oxygen atoms in total. The lowest BCUT2D eigenvalue weighted by Gasteiger charge is -2.29. The van der Waals surface area contributed by atoms with Gasteiger partial charge in [0.05, 0.1) is 11.6 Å². The highest BCUT2D eigenvalue weighted by molar-refractivity contribution is 6.07. The minimum atomic E-state index is -0.491. The lowest BCUT2D eigenvalue weighted by atomic mass is 9.94. The molecule has 1 heterocycles. The van der Waals surface area contributed by atoms with Gasteiger partial charge in [-0.1, -0.05) is 42.0 Å². The van der Waals surface area contributed by atoms with Gasteiger partial charge in [0.25, 0.3) is 5.91 Å². The number of nitrogens with one attached hydrogen (secondary N) is 3. The average molecular weight is 349 g/mol. The molecule has 134 valence electrons. The maximum Gasteiger partial charge on any atom is 0.319 e. The molecule has 0 bridgehead atoms. The molecule has 0 aliphatic carbocycles. The summed E-state index contributed by atoms with van der Waals surface area (Å²) in [4.78, 5) is 25.0. The van der Waals surface area contributed by atoms with Crippen molar-refractivity contribution in [3.63, 3.8) is 0 Å². The van der Waals surface area contributed by atoms with Gasteiger partial charge in [-0.05, 0) is 50.5 Å². The fraction of sp³-hybridized carbons (Fsp3) is 0.238. The van der Waals surface area contributed by atoms with Gasteiger partial charge in [0.1, 0.15) is 0 Å². The van der Waals surface area contributed by atoms with E-state index in [1.807, 2.05) is 63.2 Å². The van der Waals surface area contributed by atoms with Crippen LogP contribution in [0.5, 0.6) is 0 Å². The van der Waals surface area contributed by atoms with Crippen LogP contribution in [0, 0.1) is 20.8 Å². The number of carbonyl (C=O) groups is 2. The van der Waals surface area contributed by atoms with Crippen molar-refractivity contribution >= 4 is 17.6 Å². The van der Waals surface area contributed by atoms with E-state index in [2.05, 4.69) is 16.0 Å². The predicted molar refractivity (Wildman–Crippen MR) is 103 cm³/mol. The van der Waals surface area contributed by atoms with E-state index in [1.165, 1.54) is 0 Å². The fourth-order valence-electron chi connectivity index (χ4n) is 3.06. The van der Waals surface area contributed by atoms with E-state index in [0.717, 1.165) is 27.9 Å². The van der Waals surface area contributed by atoms with Gasteiger partial charge < -0.3 is 16.0 Å². The minimum Gasteiger partial charge on any atom is -0.327 e. The van der Waals surface area contributed by atoms with Crippen molar-refractivity contribution < 1.29 is 9.59 Å². The lowest BCUT2D eigenvalue weighted by molar-refractivity contribution is -0.113. The van der Waals surface area contributed by atoms with Crippen LogP contribution in [0.15, 0.2) is 53.7 Å². The molecule has 0 fully saturated rings. The second-order valence-electron chi connectivity index (χ2n) is 6.75. The van der Waals surface area contributed by atoms with Crippen molar-refractivity contribution in [1.29, 1.82) is 0 Å². The van der Waals surface area contributed by atoms with Crippen LogP contribution in [0.3, 0.4) is 0 Å². The Kier molecular flexibility index (Phi) is 4.80. The quantitative estimate of drug-likeness (QED) is 0.787. The SMILES string of the molecule is CC1=C(C(=O)Nc2cc(C)ccc2C)[C@H](c2ccc(C)cc2)NC(=O)N1. The van der Waals surface area contributed by atoms with E-state index < -0.39 is 6.04 Å². The Balaban J connectivity index is 1.96. The average Bonchev–Trinajstić information content (AvgIpc) is 2.58. The predicted octanol–water partition coefficient (Wildman–Crippen LogP) is 3.88. The first-order chi connectivity index (χ1) is 12.3. The summed E-state index contributed by atoms with van der Waals surface area (Å²) < 4.78 is 0. The lowest BCUT2D eigenvalue weighted by Crippen LogP contribution is -2.46. The standard InChI is InChI=1S/C21H23N3O2/c1-12-6-9-16(10-7-12)19-18(15(4)22-21(26)24-19)20(25)23-17-11-13(2)5-8-14(17)3/h5-11,19H,1-4H3,(H,23,25)(H2,22,24,26)/t19-/m0/s1. The Morgan fingerprint density at radius 3 is 2.31 bits per heavy atom. The minimum absolute atomic E-state index is 0.228. The van der Waals surface area contributed by atoms with Crippen LogP contribution >= 0.6 is 0 Å². The van der Waals surface area contributed by atoms with E-state index in [-0.39, 0.29) is 11.9 Å². The zero-order valence-electron chi connectivity index (χ0n) is 15.4. The monoisotopic (exact) mass is 349 g/mol. The van der Waals surface area contributed by atoms with Crippen molar-refractivity contribution in [1.82, 2.24) is 10.6 Å². The molecule has 0 saturated heterocycles. The molecular weight excluding hydrogens is 326 g/mol. The number of carbonyl (C=O) groups excluding carboxylic acids is 2. The largest absolute Gasteiger partial charge is 0.327 e. The van der Waals surface area contributed by atoms with E-state index in [0.29, 0.717) is 11.3 Å². The summed E-state index contributed by atoms with van der Waals surface area (Å²) in [6, 6.07) is 12.9. The van der Waals surface area contributed by atoms with Crippen LogP contribution in [-0.2, 0) is 4.79 Å². The van der Waals surface area contributed by atoms with Crippen LogP contribution in [0.25, 0.3) is 0 Å². The zero-order valence-corrected chi connectivity index (χ0v) is 15.4. The summed E-state index contributed by atoms with van der Waals surface area (Å²) in [6.45, 7) is 7.68. The molecule has 0 radical (unpaired) electrons. The fourth-order valence-corrected chi connectivity index (χ4v) is 3.06. The molecule has 3 N–H and O–H groups in total. The maximum atomic E-state index is 13.0. The van der Waals surface area contributed by atoms with Gasteiger partial charge in [-0.15, -0.1) is 0 Å². The number of anilines is 1. The molecule has 1 atom stereocenters. The summed E-state index contributed by atoms with van der Waals surface area (Å²) in [5.74, 6) is -0.228. The molecule has 26 heavy (non-hydrogen) atoms. The summed E-state index contributed by atoms with van der Waals surface area (Å²) in [6.07, 6.45) is 0. The Morgan fingerprint density at radius 2 is 1.62 bits per heavy atom. The third kappa shape index (κ3) is 3.61. The first kappa shape index (κ1) is 17.7. The van der Waals surface area contributed by atoms with E-state index >= 15 is 0 Å². The van der Waals surface area contributed by atoms with Gasteiger partial charge in [0, 0.05) is 11.4 Å². The molecule has 2 aromatic carbocycles. The molecule has 0 saturated carbocycles. The Hall–Kier alpha value is -3.08. The Morgan fingerprint density at radius 1 is 0.962 bits per heavy atom. The smallest absolute Gasteiger partial charge is 0.319 e. The highest BCUT2D eigenvalue weighted by Gasteiger charge is 2.31. The molecule has 2 aromatic rings. The summed E-state index contributed by atoms with van der Waals surface area (Å²) in [5.41, 5.74) is 5.89. The first-order valence-corrected chi connectivity index (χ1v) is 8.58. The molecule has 5 heteroatoms. The molecule has 3 rings (SSSR count). The van der Waals surface area contributed by atoms with Crippen molar-refractivity contribution in [2.75, 3.05) is 5.32 Å². The van der Waals surface area contributed by atoms with Gasteiger partial charge >= 0.3 is 6.03 Å². The second kappa shape index (κ2) is 7.04. The number of allylic oxidation sites excluding steroid dienone is 1. The highest BCUT2D eigenvalue weighted by Crippen LogP contribution is 2.28. The van der Waals surface area contributed by atoms with Crippen molar-refractivity contribution in [3.05, 3.63) is 76.0 Å².